The van der Waals surface area contributed by atoms with Crippen LogP contribution in [0.2, 0.25) is 0 Å². The Morgan fingerprint density at radius 1 is 0.783 bits per heavy atom. The first-order chi connectivity index (χ1) is 11.2. The maximum Gasteiger partial charge on any atom is -0.0169 e. The molecule has 0 fully saturated rings. The highest BCUT2D eigenvalue weighted by Gasteiger charge is 1.92. The average Bonchev–Trinajstić information content (AvgIpc) is 2.57. The zero-order chi connectivity index (χ0) is 17.8. The molecule has 0 saturated carbocycles. The molecule has 0 atom stereocenters. The van der Waals surface area contributed by atoms with Crippen LogP contribution >= 0.6 is 0 Å². The molecule has 0 aromatic carbocycles. The Kier molecular flexibility index (Phi) is 22.1. The highest BCUT2D eigenvalue weighted by Crippen LogP contribution is 2.13. The maximum absolute atomic E-state index is 3.72. The highest BCUT2D eigenvalue weighted by molar-refractivity contribution is 5.03. The van der Waals surface area contributed by atoms with Crippen molar-refractivity contribution in [1.29, 1.82) is 0 Å². The van der Waals surface area contributed by atoms with Gasteiger partial charge in [-0.25, -0.2) is 0 Å². The van der Waals surface area contributed by atoms with Crippen LogP contribution in [-0.2, 0) is 0 Å². The lowest BCUT2D eigenvalue weighted by molar-refractivity contribution is 0.700. The smallest absolute Gasteiger partial charge is 0.0169 e. The zero-order valence-electron chi connectivity index (χ0n) is 16.5. The van der Waals surface area contributed by atoms with E-state index in [0.717, 1.165) is 12.8 Å². The molecule has 0 aromatic rings. The van der Waals surface area contributed by atoms with Gasteiger partial charge in [0.2, 0.25) is 0 Å². The second kappa shape index (κ2) is 21.0. The molecule has 0 rings (SSSR count). The minimum atomic E-state index is 1.04. The fourth-order valence-electron chi connectivity index (χ4n) is 2.26. The molecule has 0 radical (unpaired) electrons. The summed E-state index contributed by atoms with van der Waals surface area (Å²) in [4.78, 5) is 0. The lowest BCUT2D eigenvalue weighted by atomic mass is 10.0. The predicted octanol–water partition coefficient (Wildman–Crippen LogP) is 8.57. The Morgan fingerprint density at radius 3 is 2.00 bits per heavy atom. The molecule has 0 N–H and O–H groups in total. The number of hydrogen-bond donors (Lipinski definition) is 0. The number of hydrogen-bond acceptors (Lipinski definition) is 0. The molecule has 134 valence electrons. The summed E-state index contributed by atoms with van der Waals surface area (Å²) in [6, 6.07) is 0. The second-order valence-corrected chi connectivity index (χ2v) is 6.22. The molecule has 0 amide bonds. The summed E-state index contributed by atoms with van der Waals surface area (Å²) in [5.74, 6) is 0. The Balaban J connectivity index is 0. The highest BCUT2D eigenvalue weighted by atomic mass is 14.0. The molecule has 23 heavy (non-hydrogen) atoms. The van der Waals surface area contributed by atoms with E-state index in [1.807, 2.05) is 12.2 Å². The van der Waals surface area contributed by atoms with E-state index in [9.17, 15) is 0 Å². The van der Waals surface area contributed by atoms with Crippen molar-refractivity contribution in [2.45, 2.75) is 98.3 Å². The molecule has 0 spiro atoms. The van der Waals surface area contributed by atoms with Crippen molar-refractivity contribution in [3.63, 3.8) is 0 Å². The van der Waals surface area contributed by atoms with Crippen LogP contribution in [0.25, 0.3) is 0 Å². The predicted molar refractivity (Wildman–Crippen MR) is 110 cm³/mol. The van der Waals surface area contributed by atoms with E-state index in [0.29, 0.717) is 0 Å². The van der Waals surface area contributed by atoms with E-state index in [-0.39, 0.29) is 0 Å². The lowest BCUT2D eigenvalue weighted by Gasteiger charge is -2.02. The van der Waals surface area contributed by atoms with Crippen molar-refractivity contribution in [2.24, 2.45) is 0 Å². The van der Waals surface area contributed by atoms with Crippen LogP contribution in [0.3, 0.4) is 0 Å². The molecule has 0 aliphatic rings. The van der Waals surface area contributed by atoms with Crippen LogP contribution in [0.1, 0.15) is 98.3 Å². The Hall–Kier alpha value is -1.04. The van der Waals surface area contributed by atoms with Gasteiger partial charge in [-0.2, -0.15) is 0 Å². The summed E-state index contributed by atoms with van der Waals surface area (Å²) in [5.41, 5.74) is 3.11. The van der Waals surface area contributed by atoms with Crippen molar-refractivity contribution in [3.8, 4) is 0 Å². The fraction of sp³-hybridized carbons (Fsp3) is 0.652. The lowest BCUT2D eigenvalue weighted by Crippen LogP contribution is -1.82. The van der Waals surface area contributed by atoms with Gasteiger partial charge >= 0.3 is 0 Å². The Labute approximate surface area is 147 Å². The van der Waals surface area contributed by atoms with Crippen LogP contribution in [0.15, 0.2) is 48.6 Å². The molecule has 0 saturated heterocycles. The van der Waals surface area contributed by atoms with E-state index in [4.69, 9.17) is 0 Å². The molecule has 0 aliphatic heterocycles. The average molecular weight is 319 g/mol. The van der Waals surface area contributed by atoms with Crippen molar-refractivity contribution < 1.29 is 0 Å². The largest absolute Gasteiger partial charge is 0.103 e. The van der Waals surface area contributed by atoms with Gasteiger partial charge < -0.3 is 0 Å². The van der Waals surface area contributed by atoms with Gasteiger partial charge in [-0.15, -0.1) is 13.2 Å². The second-order valence-electron chi connectivity index (χ2n) is 6.22. The van der Waals surface area contributed by atoms with Crippen LogP contribution in [0, 0.1) is 0 Å². The Morgan fingerprint density at radius 2 is 1.48 bits per heavy atom. The van der Waals surface area contributed by atoms with Gasteiger partial charge in [-0.05, 0) is 51.9 Å². The third-order valence-corrected chi connectivity index (χ3v) is 3.92. The summed E-state index contributed by atoms with van der Waals surface area (Å²) >= 11 is 0. The minimum Gasteiger partial charge on any atom is -0.103 e. The van der Waals surface area contributed by atoms with Crippen LogP contribution < -0.4 is 0 Å². The molecule has 0 aromatic heterocycles. The van der Waals surface area contributed by atoms with E-state index in [1.54, 1.807) is 5.57 Å². The molecule has 0 heteroatoms. The molecule has 0 bridgehead atoms. The van der Waals surface area contributed by atoms with E-state index in [2.05, 4.69) is 53.0 Å². The van der Waals surface area contributed by atoms with Gasteiger partial charge in [-0.1, -0.05) is 81.9 Å². The zero-order valence-corrected chi connectivity index (χ0v) is 16.5. The van der Waals surface area contributed by atoms with E-state index < -0.39 is 0 Å². The minimum absolute atomic E-state index is 1.04. The van der Waals surface area contributed by atoms with E-state index >= 15 is 0 Å². The molecule has 0 unspecified atom stereocenters. The standard InChI is InChI=1S/C12H22.C11H20/c1-4-7-9-11-12(6-3)10-8-5-2;1-4-6-8-10-11(3)9-7-5-2/h5,10H,2,4,6-9,11H2,1,3H3;5,10H,2,4,6-9H2,1,3H3. The van der Waals surface area contributed by atoms with Crippen LogP contribution in [0.5, 0.6) is 0 Å². The van der Waals surface area contributed by atoms with E-state index in [1.165, 1.54) is 63.4 Å². The summed E-state index contributed by atoms with van der Waals surface area (Å²) in [5, 5.41) is 0. The third-order valence-electron chi connectivity index (χ3n) is 3.92. The fourth-order valence-corrected chi connectivity index (χ4v) is 2.26. The van der Waals surface area contributed by atoms with Gasteiger partial charge in [0.15, 0.2) is 0 Å². The normalized spacial score (nSPS) is 11.7. The molecule has 0 nitrogen and oxygen atoms in total. The van der Waals surface area contributed by atoms with Crippen molar-refractivity contribution in [1.82, 2.24) is 0 Å². The first kappa shape index (κ1) is 24.2. The molecule has 0 heterocycles. The van der Waals surface area contributed by atoms with Gasteiger partial charge in [0.1, 0.15) is 0 Å². The number of allylic oxidation sites excluding steroid dienone is 6. The van der Waals surface area contributed by atoms with Crippen molar-refractivity contribution in [2.75, 3.05) is 0 Å². The topological polar surface area (TPSA) is 0 Å². The molecular formula is C23H42. The molecular weight excluding hydrogens is 276 g/mol. The van der Waals surface area contributed by atoms with Gasteiger partial charge in [0.05, 0.1) is 0 Å². The summed E-state index contributed by atoms with van der Waals surface area (Å²) in [6.07, 6.45) is 22.4. The summed E-state index contributed by atoms with van der Waals surface area (Å²) in [6.45, 7) is 16.3. The van der Waals surface area contributed by atoms with Crippen LogP contribution in [-0.4, -0.2) is 0 Å². The maximum atomic E-state index is 3.72. The van der Waals surface area contributed by atoms with Gasteiger partial charge in [-0.3, -0.25) is 0 Å². The quantitative estimate of drug-likeness (QED) is 0.235. The number of unbranched alkanes of at least 4 members (excludes halogenated alkanes) is 4. The summed E-state index contributed by atoms with van der Waals surface area (Å²) in [7, 11) is 0. The summed E-state index contributed by atoms with van der Waals surface area (Å²) < 4.78 is 0. The third kappa shape index (κ3) is 21.0. The first-order valence-electron chi connectivity index (χ1n) is 9.71. The SMILES string of the molecule is C=CCC=C(CC)CCCCC.C=CCCC(C)=CCCCC. The van der Waals surface area contributed by atoms with Crippen molar-refractivity contribution >= 4 is 0 Å². The van der Waals surface area contributed by atoms with Crippen molar-refractivity contribution in [3.05, 3.63) is 48.6 Å². The monoisotopic (exact) mass is 318 g/mol. The molecule has 0 aliphatic carbocycles. The van der Waals surface area contributed by atoms with Gasteiger partial charge in [0.25, 0.3) is 0 Å². The Bertz CT molecular complexity index is 317. The van der Waals surface area contributed by atoms with Gasteiger partial charge in [0, 0.05) is 0 Å². The van der Waals surface area contributed by atoms with Crippen LogP contribution in [0.4, 0.5) is 0 Å². The first-order valence-corrected chi connectivity index (χ1v) is 9.71. The number of rotatable bonds is 13.